The van der Waals surface area contributed by atoms with Gasteiger partial charge in [-0.2, -0.15) is 13.2 Å². The normalized spacial score (nSPS) is 12.2. The van der Waals surface area contributed by atoms with Gasteiger partial charge in [-0.3, -0.25) is 4.98 Å². The van der Waals surface area contributed by atoms with Gasteiger partial charge in [0, 0.05) is 6.20 Å². The molecule has 0 aliphatic carbocycles. The molecule has 1 aromatic rings. The van der Waals surface area contributed by atoms with Crippen LogP contribution >= 0.6 is 11.6 Å². The minimum Gasteiger partial charge on any atom is -0.259 e. The van der Waals surface area contributed by atoms with Crippen LogP contribution in [0.1, 0.15) is 31.0 Å². The minimum atomic E-state index is -4.41. The predicted octanol–water partition coefficient (Wildman–Crippen LogP) is 3.88. The predicted molar refractivity (Wildman–Crippen MR) is 48.3 cm³/mol. The molecule has 1 heterocycles. The van der Waals surface area contributed by atoms with E-state index in [4.69, 9.17) is 11.6 Å². The van der Waals surface area contributed by atoms with Crippen molar-refractivity contribution in [3.05, 3.63) is 28.5 Å². The summed E-state index contributed by atoms with van der Waals surface area (Å²) in [7, 11) is 0. The molecular formula is C9H9ClF3N. The van der Waals surface area contributed by atoms with E-state index in [9.17, 15) is 13.2 Å². The highest BCUT2D eigenvalue weighted by molar-refractivity contribution is 6.32. The number of alkyl halides is 3. The van der Waals surface area contributed by atoms with Crippen LogP contribution < -0.4 is 0 Å². The smallest absolute Gasteiger partial charge is 0.259 e. The molecule has 0 radical (unpaired) electrons. The SMILES string of the molecule is CC(C)c1nccc(C(F)(F)F)c1Cl. The molecule has 0 saturated carbocycles. The van der Waals surface area contributed by atoms with Gasteiger partial charge < -0.3 is 0 Å². The molecule has 0 aliphatic heterocycles. The zero-order chi connectivity index (χ0) is 10.9. The number of aromatic nitrogens is 1. The zero-order valence-electron chi connectivity index (χ0n) is 7.69. The highest BCUT2D eigenvalue weighted by Gasteiger charge is 2.34. The van der Waals surface area contributed by atoms with Gasteiger partial charge in [-0.05, 0) is 12.0 Å². The summed E-state index contributed by atoms with van der Waals surface area (Å²) in [6.45, 7) is 3.49. The number of pyridine rings is 1. The van der Waals surface area contributed by atoms with E-state index in [1.165, 1.54) is 0 Å². The van der Waals surface area contributed by atoms with Crippen LogP contribution in [0.25, 0.3) is 0 Å². The van der Waals surface area contributed by atoms with Crippen molar-refractivity contribution in [2.24, 2.45) is 0 Å². The molecule has 0 N–H and O–H groups in total. The van der Waals surface area contributed by atoms with Crippen molar-refractivity contribution < 1.29 is 13.2 Å². The summed E-state index contributed by atoms with van der Waals surface area (Å²) in [6.07, 6.45) is -3.28. The number of rotatable bonds is 1. The second-order valence-corrected chi connectivity index (χ2v) is 3.59. The monoisotopic (exact) mass is 223 g/mol. The average Bonchev–Trinajstić information content (AvgIpc) is 2.01. The van der Waals surface area contributed by atoms with Crippen LogP contribution in [0.5, 0.6) is 0 Å². The van der Waals surface area contributed by atoms with Gasteiger partial charge in [0.1, 0.15) is 0 Å². The molecule has 0 bridgehead atoms. The standard InChI is InChI=1S/C9H9ClF3N/c1-5(2)8-7(10)6(3-4-14-8)9(11,12)13/h3-5H,1-2H3. The highest BCUT2D eigenvalue weighted by Crippen LogP contribution is 2.37. The molecule has 0 unspecified atom stereocenters. The van der Waals surface area contributed by atoms with Gasteiger partial charge in [0.15, 0.2) is 0 Å². The fraction of sp³-hybridized carbons (Fsp3) is 0.444. The Kier molecular flexibility index (Phi) is 3.04. The molecule has 0 fully saturated rings. The molecule has 0 atom stereocenters. The van der Waals surface area contributed by atoms with E-state index >= 15 is 0 Å². The molecule has 1 nitrogen and oxygen atoms in total. The van der Waals surface area contributed by atoms with Gasteiger partial charge in [-0.15, -0.1) is 0 Å². The Labute approximate surface area is 84.9 Å². The van der Waals surface area contributed by atoms with Gasteiger partial charge in [-0.25, -0.2) is 0 Å². The van der Waals surface area contributed by atoms with Gasteiger partial charge >= 0.3 is 6.18 Å². The van der Waals surface area contributed by atoms with Crippen LogP contribution in [0.4, 0.5) is 13.2 Å². The molecule has 0 spiro atoms. The van der Waals surface area contributed by atoms with E-state index in [1.807, 2.05) is 0 Å². The van der Waals surface area contributed by atoms with Crippen LogP contribution in [-0.4, -0.2) is 4.98 Å². The number of halogens is 4. The topological polar surface area (TPSA) is 12.9 Å². The molecule has 78 valence electrons. The first-order chi connectivity index (χ1) is 6.34. The summed E-state index contributed by atoms with van der Waals surface area (Å²) in [5, 5.41) is -0.296. The van der Waals surface area contributed by atoms with Crippen LogP contribution in [0.15, 0.2) is 12.3 Å². The molecule has 0 saturated heterocycles. The zero-order valence-corrected chi connectivity index (χ0v) is 8.45. The van der Waals surface area contributed by atoms with Crippen molar-refractivity contribution in [3.8, 4) is 0 Å². The lowest BCUT2D eigenvalue weighted by molar-refractivity contribution is -0.137. The molecule has 1 rings (SSSR count). The molecular weight excluding hydrogens is 215 g/mol. The molecule has 0 amide bonds. The fourth-order valence-corrected chi connectivity index (χ4v) is 1.52. The van der Waals surface area contributed by atoms with Gasteiger partial charge in [-0.1, -0.05) is 25.4 Å². The van der Waals surface area contributed by atoms with Crippen LogP contribution in [0.2, 0.25) is 5.02 Å². The first-order valence-electron chi connectivity index (χ1n) is 4.05. The average molecular weight is 224 g/mol. The summed E-state index contributed by atoms with van der Waals surface area (Å²) in [6, 6.07) is 0.883. The lowest BCUT2D eigenvalue weighted by atomic mass is 10.1. The molecule has 14 heavy (non-hydrogen) atoms. The van der Waals surface area contributed by atoms with Crippen molar-refractivity contribution in [1.82, 2.24) is 4.98 Å². The number of hydrogen-bond acceptors (Lipinski definition) is 1. The summed E-state index contributed by atoms with van der Waals surface area (Å²) >= 11 is 5.61. The van der Waals surface area contributed by atoms with Crippen molar-refractivity contribution in [3.63, 3.8) is 0 Å². The summed E-state index contributed by atoms with van der Waals surface area (Å²) in [5.74, 6) is -0.121. The molecule has 0 aliphatic rings. The third-order valence-electron chi connectivity index (χ3n) is 1.77. The maximum Gasteiger partial charge on any atom is 0.417 e. The maximum atomic E-state index is 12.4. The minimum absolute atomic E-state index is 0.121. The van der Waals surface area contributed by atoms with E-state index in [0.29, 0.717) is 0 Å². The van der Waals surface area contributed by atoms with Crippen molar-refractivity contribution in [1.29, 1.82) is 0 Å². The lowest BCUT2D eigenvalue weighted by Gasteiger charge is -2.12. The summed E-state index contributed by atoms with van der Waals surface area (Å²) in [4.78, 5) is 3.82. The Hall–Kier alpha value is -0.770. The van der Waals surface area contributed by atoms with Gasteiger partial charge in [0.05, 0.1) is 16.3 Å². The molecule has 0 aromatic carbocycles. The third kappa shape index (κ3) is 2.18. The van der Waals surface area contributed by atoms with Crippen molar-refractivity contribution in [2.45, 2.75) is 25.9 Å². The second-order valence-electron chi connectivity index (χ2n) is 3.21. The Bertz CT molecular complexity index is 333. The van der Waals surface area contributed by atoms with Crippen molar-refractivity contribution >= 4 is 11.6 Å². The maximum absolute atomic E-state index is 12.4. The lowest BCUT2D eigenvalue weighted by Crippen LogP contribution is -2.08. The molecule has 1 aromatic heterocycles. The Morgan fingerprint density at radius 2 is 1.93 bits per heavy atom. The van der Waals surface area contributed by atoms with E-state index < -0.39 is 11.7 Å². The Balaban J connectivity index is 3.28. The largest absolute Gasteiger partial charge is 0.417 e. The second kappa shape index (κ2) is 3.77. The van der Waals surface area contributed by atoms with Crippen molar-refractivity contribution in [2.75, 3.05) is 0 Å². The Morgan fingerprint density at radius 1 is 1.36 bits per heavy atom. The quantitative estimate of drug-likeness (QED) is 0.704. The van der Waals surface area contributed by atoms with Crippen LogP contribution in [0.3, 0.4) is 0 Å². The molecule has 5 heteroatoms. The number of hydrogen-bond donors (Lipinski definition) is 0. The first kappa shape index (κ1) is 11.3. The fourth-order valence-electron chi connectivity index (χ4n) is 1.08. The number of nitrogens with zero attached hydrogens (tertiary/aromatic N) is 1. The van der Waals surface area contributed by atoms with Crippen LogP contribution in [-0.2, 0) is 6.18 Å². The van der Waals surface area contributed by atoms with E-state index in [0.717, 1.165) is 12.3 Å². The third-order valence-corrected chi connectivity index (χ3v) is 2.17. The summed E-state index contributed by atoms with van der Waals surface area (Å²) < 4.78 is 37.1. The van der Waals surface area contributed by atoms with Gasteiger partial charge in [0.2, 0.25) is 0 Å². The Morgan fingerprint density at radius 3 is 2.36 bits per heavy atom. The van der Waals surface area contributed by atoms with Gasteiger partial charge in [0.25, 0.3) is 0 Å². The highest BCUT2D eigenvalue weighted by atomic mass is 35.5. The van der Waals surface area contributed by atoms with E-state index in [1.54, 1.807) is 13.8 Å². The van der Waals surface area contributed by atoms with E-state index in [-0.39, 0.29) is 16.6 Å². The van der Waals surface area contributed by atoms with Crippen LogP contribution in [0, 0.1) is 0 Å². The van der Waals surface area contributed by atoms with E-state index in [2.05, 4.69) is 4.98 Å². The first-order valence-corrected chi connectivity index (χ1v) is 4.43. The summed E-state index contributed by atoms with van der Waals surface area (Å²) in [5.41, 5.74) is -0.542.